The maximum atomic E-state index is 12.3. The summed E-state index contributed by atoms with van der Waals surface area (Å²) < 4.78 is 5.29. The Kier molecular flexibility index (Phi) is 6.32. The van der Waals surface area contributed by atoms with Crippen molar-refractivity contribution in [1.82, 2.24) is 0 Å². The molecule has 0 saturated carbocycles. The number of benzene rings is 2. The van der Waals surface area contributed by atoms with Gasteiger partial charge in [0.2, 0.25) is 5.91 Å². The number of esters is 1. The number of rotatable bonds is 6. The first-order valence-corrected chi connectivity index (χ1v) is 9.87. The van der Waals surface area contributed by atoms with Crippen molar-refractivity contribution in [1.29, 1.82) is 0 Å². The van der Waals surface area contributed by atoms with E-state index in [0.29, 0.717) is 30.1 Å². The van der Waals surface area contributed by atoms with Gasteiger partial charge in [0.25, 0.3) is 5.91 Å². The van der Waals surface area contributed by atoms with Crippen molar-refractivity contribution in [2.75, 3.05) is 16.8 Å². The summed E-state index contributed by atoms with van der Waals surface area (Å²) in [7, 11) is 0. The standard InChI is InChI=1S/C23H26N2O4/c1-15(2)17-6-10-19(11-7-17)24-22(27)16(3)29-23(28)18-8-12-20(13-9-18)25-14-4-5-21(25)26/h6-13,15-16H,4-5,14H2,1-3H3,(H,24,27)/t16-/m1/s1. The minimum absolute atomic E-state index is 0.0899. The highest BCUT2D eigenvalue weighted by atomic mass is 16.5. The fourth-order valence-corrected chi connectivity index (χ4v) is 3.18. The zero-order valence-electron chi connectivity index (χ0n) is 17.0. The lowest BCUT2D eigenvalue weighted by Crippen LogP contribution is -2.30. The number of nitrogens with one attached hydrogen (secondary N) is 1. The molecule has 152 valence electrons. The molecule has 6 nitrogen and oxygen atoms in total. The predicted molar refractivity (Wildman–Crippen MR) is 112 cm³/mol. The number of carbonyl (C=O) groups excluding carboxylic acids is 3. The highest BCUT2D eigenvalue weighted by molar-refractivity contribution is 5.98. The molecule has 0 aromatic heterocycles. The van der Waals surface area contributed by atoms with Crippen molar-refractivity contribution in [2.45, 2.75) is 45.6 Å². The Morgan fingerprint density at radius 1 is 1.00 bits per heavy atom. The van der Waals surface area contributed by atoms with Gasteiger partial charge < -0.3 is 15.0 Å². The Labute approximate surface area is 170 Å². The van der Waals surface area contributed by atoms with Crippen molar-refractivity contribution >= 4 is 29.2 Å². The summed E-state index contributed by atoms with van der Waals surface area (Å²) in [5.41, 5.74) is 2.93. The molecule has 1 aliphatic rings. The Morgan fingerprint density at radius 2 is 1.66 bits per heavy atom. The Hall–Kier alpha value is -3.15. The second kappa shape index (κ2) is 8.90. The van der Waals surface area contributed by atoms with Crippen LogP contribution in [0.25, 0.3) is 0 Å². The predicted octanol–water partition coefficient (Wildman–Crippen LogP) is 4.12. The Bertz CT molecular complexity index is 888. The van der Waals surface area contributed by atoms with E-state index in [0.717, 1.165) is 12.1 Å². The molecule has 1 aliphatic heterocycles. The summed E-state index contributed by atoms with van der Waals surface area (Å²) >= 11 is 0. The van der Waals surface area contributed by atoms with Crippen LogP contribution in [0.1, 0.15) is 55.5 Å². The van der Waals surface area contributed by atoms with Crippen molar-refractivity contribution in [3.63, 3.8) is 0 Å². The van der Waals surface area contributed by atoms with E-state index < -0.39 is 18.0 Å². The molecular formula is C23H26N2O4. The van der Waals surface area contributed by atoms with Crippen LogP contribution in [-0.2, 0) is 14.3 Å². The molecule has 1 N–H and O–H groups in total. The van der Waals surface area contributed by atoms with Crippen molar-refractivity contribution in [2.24, 2.45) is 0 Å². The van der Waals surface area contributed by atoms with Crippen LogP contribution in [0.3, 0.4) is 0 Å². The number of carbonyl (C=O) groups is 3. The quantitative estimate of drug-likeness (QED) is 0.748. The van der Waals surface area contributed by atoms with Gasteiger partial charge in [-0.3, -0.25) is 9.59 Å². The largest absolute Gasteiger partial charge is 0.449 e. The number of hydrogen-bond donors (Lipinski definition) is 1. The lowest BCUT2D eigenvalue weighted by atomic mass is 10.0. The zero-order valence-corrected chi connectivity index (χ0v) is 17.0. The lowest BCUT2D eigenvalue weighted by Gasteiger charge is -2.16. The monoisotopic (exact) mass is 394 g/mol. The van der Waals surface area contributed by atoms with Gasteiger partial charge in [-0.1, -0.05) is 26.0 Å². The number of nitrogens with zero attached hydrogens (tertiary/aromatic N) is 1. The average Bonchev–Trinajstić information content (AvgIpc) is 3.14. The van der Waals surface area contributed by atoms with E-state index in [-0.39, 0.29) is 5.91 Å². The molecule has 0 bridgehead atoms. The number of hydrogen-bond acceptors (Lipinski definition) is 4. The molecule has 29 heavy (non-hydrogen) atoms. The number of ether oxygens (including phenoxy) is 1. The maximum Gasteiger partial charge on any atom is 0.338 e. The van der Waals surface area contributed by atoms with Gasteiger partial charge in [0.1, 0.15) is 0 Å². The van der Waals surface area contributed by atoms with Crippen molar-refractivity contribution in [3.8, 4) is 0 Å². The molecule has 0 unspecified atom stereocenters. The van der Waals surface area contributed by atoms with Gasteiger partial charge in [0.15, 0.2) is 6.10 Å². The summed E-state index contributed by atoms with van der Waals surface area (Å²) in [6.07, 6.45) is 0.457. The van der Waals surface area contributed by atoms with Gasteiger partial charge in [-0.2, -0.15) is 0 Å². The smallest absolute Gasteiger partial charge is 0.338 e. The van der Waals surface area contributed by atoms with E-state index in [4.69, 9.17) is 4.74 Å². The average molecular weight is 394 g/mol. The molecule has 3 rings (SSSR count). The minimum atomic E-state index is -0.938. The second-order valence-electron chi connectivity index (χ2n) is 7.51. The van der Waals surface area contributed by atoms with Crippen LogP contribution in [-0.4, -0.2) is 30.4 Å². The summed E-state index contributed by atoms with van der Waals surface area (Å²) in [6.45, 7) is 6.43. The molecule has 1 heterocycles. The van der Waals surface area contributed by atoms with Crippen LogP contribution in [0.2, 0.25) is 0 Å². The SMILES string of the molecule is CC(C)c1ccc(NC(=O)[C@@H](C)OC(=O)c2ccc(N3CCCC3=O)cc2)cc1. The molecule has 2 aromatic rings. The fourth-order valence-electron chi connectivity index (χ4n) is 3.18. The summed E-state index contributed by atoms with van der Waals surface area (Å²) in [5.74, 6) is -0.473. The van der Waals surface area contributed by atoms with Gasteiger partial charge in [-0.05, 0) is 61.2 Å². The second-order valence-corrected chi connectivity index (χ2v) is 7.51. The third-order valence-electron chi connectivity index (χ3n) is 4.99. The summed E-state index contributed by atoms with van der Waals surface area (Å²) in [4.78, 5) is 38.2. The van der Waals surface area contributed by atoms with Gasteiger partial charge >= 0.3 is 5.97 Å². The molecule has 0 spiro atoms. The molecule has 1 fully saturated rings. The van der Waals surface area contributed by atoms with Crippen LogP contribution in [0.5, 0.6) is 0 Å². The highest BCUT2D eigenvalue weighted by Crippen LogP contribution is 2.22. The molecule has 1 saturated heterocycles. The number of anilines is 2. The first-order valence-electron chi connectivity index (χ1n) is 9.87. The Balaban J connectivity index is 1.56. The van der Waals surface area contributed by atoms with E-state index in [9.17, 15) is 14.4 Å². The van der Waals surface area contributed by atoms with E-state index in [1.807, 2.05) is 24.3 Å². The minimum Gasteiger partial charge on any atom is -0.449 e. The van der Waals surface area contributed by atoms with Gasteiger partial charge in [0.05, 0.1) is 5.56 Å². The summed E-state index contributed by atoms with van der Waals surface area (Å²) in [5, 5.41) is 2.76. The third kappa shape index (κ3) is 5.02. The molecule has 0 radical (unpaired) electrons. The lowest BCUT2D eigenvalue weighted by molar-refractivity contribution is -0.123. The molecule has 1 atom stereocenters. The van der Waals surface area contributed by atoms with Gasteiger partial charge in [-0.25, -0.2) is 4.79 Å². The van der Waals surface area contributed by atoms with Crippen LogP contribution >= 0.6 is 0 Å². The molecule has 2 aromatic carbocycles. The first kappa shape index (κ1) is 20.6. The summed E-state index contributed by atoms with van der Waals surface area (Å²) in [6, 6.07) is 14.3. The topological polar surface area (TPSA) is 75.7 Å². The first-order chi connectivity index (χ1) is 13.8. The molecular weight excluding hydrogens is 368 g/mol. The Morgan fingerprint density at radius 3 is 2.21 bits per heavy atom. The van der Waals surface area contributed by atoms with E-state index in [2.05, 4.69) is 19.2 Å². The molecule has 0 aliphatic carbocycles. The number of amides is 2. The highest BCUT2D eigenvalue weighted by Gasteiger charge is 2.23. The fraction of sp³-hybridized carbons (Fsp3) is 0.348. The van der Waals surface area contributed by atoms with Crippen molar-refractivity contribution in [3.05, 3.63) is 59.7 Å². The van der Waals surface area contributed by atoms with Crippen LogP contribution < -0.4 is 10.2 Å². The van der Waals surface area contributed by atoms with Crippen LogP contribution in [0, 0.1) is 0 Å². The van der Waals surface area contributed by atoms with Crippen LogP contribution in [0.15, 0.2) is 48.5 Å². The molecule has 6 heteroatoms. The third-order valence-corrected chi connectivity index (χ3v) is 4.99. The van der Waals surface area contributed by atoms with Gasteiger partial charge in [-0.15, -0.1) is 0 Å². The normalized spacial score (nSPS) is 14.8. The molecule has 2 amide bonds. The maximum absolute atomic E-state index is 12.3. The zero-order chi connectivity index (χ0) is 21.0. The van der Waals surface area contributed by atoms with Crippen LogP contribution in [0.4, 0.5) is 11.4 Å². The van der Waals surface area contributed by atoms with Gasteiger partial charge in [0, 0.05) is 24.3 Å². The van der Waals surface area contributed by atoms with E-state index in [1.54, 1.807) is 29.2 Å². The van der Waals surface area contributed by atoms with E-state index >= 15 is 0 Å². The van der Waals surface area contributed by atoms with E-state index in [1.165, 1.54) is 12.5 Å². The van der Waals surface area contributed by atoms with Crippen molar-refractivity contribution < 1.29 is 19.1 Å².